The second-order valence-electron chi connectivity index (χ2n) is 27.9. The average molecular weight is 1490 g/mol. The third-order valence-corrected chi connectivity index (χ3v) is 19.3. The van der Waals surface area contributed by atoms with Gasteiger partial charge in [0.05, 0.1) is 13.2 Å². The molecule has 0 aromatic rings. The number of nitrogens with one attached hydrogen (secondary N) is 13. The van der Waals surface area contributed by atoms with E-state index in [1.54, 1.807) is 41.5 Å². The molecule has 0 aliphatic carbocycles. The van der Waals surface area contributed by atoms with E-state index >= 15 is 0 Å². The van der Waals surface area contributed by atoms with E-state index in [-0.39, 0.29) is 63.8 Å². The summed E-state index contributed by atoms with van der Waals surface area (Å²) in [5.74, 6) is -16.0. The molecule has 16 atom stereocenters. The Morgan fingerprint density at radius 2 is 1.10 bits per heavy atom. The van der Waals surface area contributed by atoms with Crippen molar-refractivity contribution in [1.82, 2.24) is 74.0 Å². The number of carbonyl (C=O) groups excluding carboxylic acids is 16. The van der Waals surface area contributed by atoms with Gasteiger partial charge in [0.2, 0.25) is 94.5 Å². The summed E-state index contributed by atoms with van der Waals surface area (Å²) in [5.41, 5.74) is 16.9. The fourth-order valence-corrected chi connectivity index (χ4v) is 11.9. The Labute approximate surface area is 616 Å². The lowest BCUT2D eigenvalue weighted by Gasteiger charge is -2.31. The largest absolute Gasteiger partial charge is 0.394 e. The highest BCUT2D eigenvalue weighted by Crippen LogP contribution is 2.20. The molecule has 0 aromatic heterocycles. The molecule has 2 aliphatic rings. The molecule has 0 bridgehead atoms. The van der Waals surface area contributed by atoms with Crippen LogP contribution in [0.2, 0.25) is 0 Å². The van der Waals surface area contributed by atoms with Gasteiger partial charge in [-0.25, -0.2) is 0 Å². The highest BCUT2D eigenvalue weighted by molar-refractivity contribution is 6.00. The van der Waals surface area contributed by atoms with Crippen molar-refractivity contribution in [2.24, 2.45) is 40.9 Å². The fraction of sp³-hybridized carbons (Fsp3) is 0.771. The van der Waals surface area contributed by atoms with Crippen molar-refractivity contribution in [3.05, 3.63) is 0 Å². The van der Waals surface area contributed by atoms with Crippen molar-refractivity contribution in [2.75, 3.05) is 32.8 Å². The molecule has 21 N–H and O–H groups in total. The summed E-state index contributed by atoms with van der Waals surface area (Å²) in [4.78, 5) is 222. The molecule has 35 heteroatoms. The molecule has 0 saturated carbocycles. The SMILES string of the molecule is CCCCC(NC(=O)[C@@H]1CCCCNC(=O)CC[C@H](NC(=O)[C@@H](NC(=O)[C@H](CO)NC(=O)[C@H](CCC(N)=O)NC(=O)[C@@H](NC(=O)[C@@H](NC(=O)[C@H](CCCCN)NC(=O)[C@@H]2CCCN2C(C)=O)[C@@H](C)CC)[C@@H](C)CC)C(C)C)C(=O)N[C@@H]([C@@H](C)CC)C(=O)N[C@@H](CO)C(=O)NC(CCCC)C(=O)N1)C(N)=O. The molecule has 2 aliphatic heterocycles. The van der Waals surface area contributed by atoms with Gasteiger partial charge in [-0.1, -0.05) is 114 Å². The number of hydrogen-bond donors (Lipinski definition) is 18. The minimum atomic E-state index is -1.87. The molecule has 0 aromatic carbocycles. The van der Waals surface area contributed by atoms with Gasteiger partial charge in [0.1, 0.15) is 78.5 Å². The van der Waals surface area contributed by atoms with E-state index in [9.17, 15) is 86.9 Å². The van der Waals surface area contributed by atoms with Crippen molar-refractivity contribution < 1.29 is 86.9 Å². The van der Waals surface area contributed by atoms with Gasteiger partial charge in [0.25, 0.3) is 0 Å². The predicted octanol–water partition coefficient (Wildman–Crippen LogP) is -3.07. The zero-order chi connectivity index (χ0) is 79.2. The van der Waals surface area contributed by atoms with Crippen LogP contribution in [0.4, 0.5) is 0 Å². The molecule has 596 valence electrons. The number of aliphatic hydroxyl groups excluding tert-OH is 2. The molecule has 2 unspecified atom stereocenters. The normalized spacial score (nSPS) is 21.6. The Morgan fingerprint density at radius 3 is 1.66 bits per heavy atom. The van der Waals surface area contributed by atoms with Gasteiger partial charge in [-0.15, -0.1) is 0 Å². The van der Waals surface area contributed by atoms with E-state index in [0.717, 1.165) is 0 Å². The molecule has 35 nitrogen and oxygen atoms in total. The molecule has 2 saturated heterocycles. The highest BCUT2D eigenvalue weighted by atomic mass is 16.3. The molecule has 2 heterocycles. The number of rotatable bonds is 39. The second-order valence-corrected chi connectivity index (χ2v) is 27.9. The highest BCUT2D eigenvalue weighted by Gasteiger charge is 2.41. The maximum Gasteiger partial charge on any atom is 0.245 e. The van der Waals surface area contributed by atoms with E-state index in [0.29, 0.717) is 70.9 Å². The van der Waals surface area contributed by atoms with Crippen LogP contribution in [-0.4, -0.2) is 221 Å². The summed E-state index contributed by atoms with van der Waals surface area (Å²) in [6.45, 7) is 16.8. The lowest BCUT2D eigenvalue weighted by molar-refractivity contribution is -0.139. The van der Waals surface area contributed by atoms with Crippen LogP contribution in [-0.2, 0) is 76.7 Å². The summed E-state index contributed by atoms with van der Waals surface area (Å²) < 4.78 is 0. The monoisotopic (exact) mass is 1490 g/mol. The van der Waals surface area contributed by atoms with Crippen LogP contribution in [0.3, 0.4) is 0 Å². The van der Waals surface area contributed by atoms with Gasteiger partial charge in [-0.3, -0.25) is 76.7 Å². The number of primary amides is 2. The molecule has 0 radical (unpaired) electrons. The van der Waals surface area contributed by atoms with Crippen molar-refractivity contribution in [3.63, 3.8) is 0 Å². The van der Waals surface area contributed by atoms with Crippen molar-refractivity contribution in [1.29, 1.82) is 0 Å². The molecule has 2 fully saturated rings. The smallest absolute Gasteiger partial charge is 0.245 e. The summed E-state index contributed by atoms with van der Waals surface area (Å²) in [5, 5.41) is 55.0. The van der Waals surface area contributed by atoms with E-state index in [4.69, 9.17) is 17.2 Å². The summed E-state index contributed by atoms with van der Waals surface area (Å²) in [6.07, 6.45) is 4.10. The number of unbranched alkanes of at least 4 members (excludes halogenated alkanes) is 3. The Bertz CT molecular complexity index is 2920. The number of amides is 16. The number of likely N-dealkylation sites (tertiary alicyclic amines) is 1. The van der Waals surface area contributed by atoms with Gasteiger partial charge in [-0.2, -0.15) is 0 Å². The first kappa shape index (κ1) is 92.5. The fourth-order valence-electron chi connectivity index (χ4n) is 11.9. The van der Waals surface area contributed by atoms with E-state index < -0.39 is 230 Å². The third kappa shape index (κ3) is 31.6. The van der Waals surface area contributed by atoms with Crippen LogP contribution >= 0.6 is 0 Å². The zero-order valence-electron chi connectivity index (χ0n) is 63.3. The van der Waals surface area contributed by atoms with Crippen LogP contribution in [0.1, 0.15) is 211 Å². The van der Waals surface area contributed by atoms with Crippen molar-refractivity contribution >= 4 is 94.5 Å². The average Bonchev–Trinajstić information content (AvgIpc) is 1.81. The second kappa shape index (κ2) is 48.5. The Hall–Kier alpha value is -8.60. The molecule has 2 rings (SSSR count). The Kier molecular flexibility index (Phi) is 42.7. The molecular weight excluding hydrogens is 1370 g/mol. The first-order valence-corrected chi connectivity index (χ1v) is 37.4. The van der Waals surface area contributed by atoms with Crippen LogP contribution in [0, 0.1) is 23.7 Å². The topological polar surface area (TPSA) is 551 Å². The molecular formula is C70H123N17O18. The maximum atomic E-state index is 14.6. The van der Waals surface area contributed by atoms with Crippen molar-refractivity contribution in [2.45, 2.75) is 290 Å². The lowest BCUT2D eigenvalue weighted by atomic mass is 9.94. The lowest BCUT2D eigenvalue weighted by Crippen LogP contribution is -2.63. The minimum absolute atomic E-state index is 0.0149. The summed E-state index contributed by atoms with van der Waals surface area (Å²) in [7, 11) is 0. The first-order valence-electron chi connectivity index (χ1n) is 37.4. The van der Waals surface area contributed by atoms with E-state index in [1.807, 2.05) is 13.8 Å². The van der Waals surface area contributed by atoms with Crippen molar-refractivity contribution in [3.8, 4) is 0 Å². The van der Waals surface area contributed by atoms with Crippen LogP contribution in [0.15, 0.2) is 0 Å². The zero-order valence-corrected chi connectivity index (χ0v) is 63.3. The van der Waals surface area contributed by atoms with Crippen LogP contribution in [0.25, 0.3) is 0 Å². The standard InChI is InChI=1S/C70H123N17O18/c1-12-17-24-43(58(73)93)75-59(94)45-27-20-22-34-74-53(92)32-30-48(63(98)84-55(39(8)14-3)69(104)82-49(36-88)64(99)77-44(25-18-13-2)60(95)76-45)79-67(102)54(38(6)7)83-65(100)50(37-89)81-61(96)47(29-31-52(72)91)80-68(103)56(40(9)15-4)86-70(105)57(41(10)16-5)85-62(97)46(26-19-21-33-71)78-66(101)51-28-23-35-87(51)42(11)90/h38-41,43-51,54-57,88-89H,12-37,71H2,1-11H3,(H2,72,91)(H2,73,93)(H,74,92)(H,75,94)(H,76,95)(H,77,99)(H,78,101)(H,79,102)(H,80,103)(H,81,96)(H,82,104)(H,83,100)(H,84,98)(H,85,97)(H,86,105)/t39-,40-,41-,43?,44?,45-,46-,47-,48-,49-,50-,51-,54-,55-,56-,57-/m0/s1. The third-order valence-electron chi connectivity index (χ3n) is 19.3. The predicted molar refractivity (Wildman–Crippen MR) is 387 cm³/mol. The molecule has 16 amide bonds. The van der Waals surface area contributed by atoms with E-state index in [2.05, 4.69) is 69.1 Å². The molecule has 0 spiro atoms. The Morgan fingerprint density at radius 1 is 0.543 bits per heavy atom. The summed E-state index contributed by atoms with van der Waals surface area (Å²) in [6, 6.07) is -18.1. The first-order chi connectivity index (χ1) is 49.7. The van der Waals surface area contributed by atoms with E-state index in [1.165, 1.54) is 25.7 Å². The van der Waals surface area contributed by atoms with Crippen LogP contribution < -0.4 is 86.3 Å². The quantitative estimate of drug-likeness (QED) is 0.0272. The number of hydrogen-bond acceptors (Lipinski definition) is 19. The van der Waals surface area contributed by atoms with Crippen LogP contribution in [0.5, 0.6) is 0 Å². The number of aliphatic hydroxyl groups is 2. The van der Waals surface area contributed by atoms with Gasteiger partial charge in [-0.05, 0) is 107 Å². The van der Waals surface area contributed by atoms with Gasteiger partial charge in [0.15, 0.2) is 0 Å². The van der Waals surface area contributed by atoms with Gasteiger partial charge in [0, 0.05) is 32.9 Å². The number of nitrogens with zero attached hydrogens (tertiary/aromatic N) is 1. The number of nitrogens with two attached hydrogens (primary N) is 3. The maximum absolute atomic E-state index is 14.6. The number of carbonyl (C=O) groups is 16. The minimum Gasteiger partial charge on any atom is -0.394 e. The Balaban J connectivity index is 2.53. The molecule has 105 heavy (non-hydrogen) atoms. The van der Waals surface area contributed by atoms with Gasteiger partial charge >= 0.3 is 0 Å². The van der Waals surface area contributed by atoms with Gasteiger partial charge < -0.3 is 101 Å². The summed E-state index contributed by atoms with van der Waals surface area (Å²) >= 11 is 0.